The zero-order valence-electron chi connectivity index (χ0n) is 11.4. The van der Waals surface area contributed by atoms with Crippen LogP contribution in [0.2, 0.25) is 0 Å². The molecule has 1 aromatic heterocycles. The predicted molar refractivity (Wildman–Crippen MR) is 73.9 cm³/mol. The van der Waals surface area contributed by atoms with Gasteiger partial charge in [-0.15, -0.1) is 0 Å². The molecule has 0 aliphatic heterocycles. The van der Waals surface area contributed by atoms with Crippen LogP contribution in [0.3, 0.4) is 0 Å². The molecule has 0 unspecified atom stereocenters. The van der Waals surface area contributed by atoms with Gasteiger partial charge >= 0.3 is 0 Å². The van der Waals surface area contributed by atoms with E-state index in [1.807, 2.05) is 25.1 Å². The molecule has 0 aliphatic rings. The summed E-state index contributed by atoms with van der Waals surface area (Å²) in [4.78, 5) is 6.20. The normalized spacial score (nSPS) is 10.1. The van der Waals surface area contributed by atoms with E-state index < -0.39 is 0 Å². The van der Waals surface area contributed by atoms with Crippen LogP contribution in [0.1, 0.15) is 5.56 Å². The number of ether oxygens (including phenoxy) is 2. The first-order valence-electron chi connectivity index (χ1n) is 5.74. The lowest BCUT2D eigenvalue weighted by atomic mass is 10.1. The number of nitrogens with zero attached hydrogens (tertiary/aromatic N) is 3. The number of anilines is 1. The van der Waals surface area contributed by atoms with Crippen molar-refractivity contribution in [3.05, 3.63) is 23.9 Å². The quantitative estimate of drug-likeness (QED) is 0.843. The van der Waals surface area contributed by atoms with E-state index in [0.717, 1.165) is 11.1 Å². The first kappa shape index (κ1) is 13.0. The summed E-state index contributed by atoms with van der Waals surface area (Å²) >= 11 is 0. The van der Waals surface area contributed by atoms with Crippen molar-refractivity contribution in [2.24, 2.45) is 0 Å². The van der Waals surface area contributed by atoms with E-state index in [-0.39, 0.29) is 0 Å². The lowest BCUT2D eigenvalue weighted by Gasteiger charge is -2.18. The largest absolute Gasteiger partial charge is 0.497 e. The highest BCUT2D eigenvalue weighted by atomic mass is 16.5. The van der Waals surface area contributed by atoms with Crippen LogP contribution in [-0.4, -0.2) is 33.3 Å². The van der Waals surface area contributed by atoms with Crippen molar-refractivity contribution >= 4 is 16.6 Å². The summed E-state index contributed by atoms with van der Waals surface area (Å²) in [6, 6.07) is 5.80. The van der Waals surface area contributed by atoms with E-state index in [1.165, 1.54) is 0 Å². The maximum absolute atomic E-state index is 9.20. The number of nitriles is 1. The Balaban J connectivity index is 2.91. The molecule has 2 rings (SSSR count). The number of rotatable bonds is 3. The average Bonchev–Trinajstić information content (AvgIpc) is 2.44. The van der Waals surface area contributed by atoms with Crippen LogP contribution in [-0.2, 0) is 0 Å². The number of hydrogen-bond acceptors (Lipinski definition) is 5. The zero-order chi connectivity index (χ0) is 14.0. The van der Waals surface area contributed by atoms with Crippen molar-refractivity contribution in [1.82, 2.24) is 4.98 Å². The van der Waals surface area contributed by atoms with Crippen molar-refractivity contribution in [3.63, 3.8) is 0 Å². The Hall–Kier alpha value is -2.48. The number of aromatic nitrogens is 1. The fraction of sp³-hybridized carbons (Fsp3) is 0.286. The molecule has 0 saturated carbocycles. The maximum atomic E-state index is 9.20. The van der Waals surface area contributed by atoms with Gasteiger partial charge in [0.2, 0.25) is 0 Å². The molecule has 2 aromatic rings. The Labute approximate surface area is 112 Å². The second kappa shape index (κ2) is 5.02. The van der Waals surface area contributed by atoms with E-state index in [1.54, 1.807) is 26.5 Å². The van der Waals surface area contributed by atoms with Gasteiger partial charge in [-0.25, -0.2) is 0 Å². The third kappa shape index (κ3) is 2.13. The fourth-order valence-electron chi connectivity index (χ4n) is 2.07. The van der Waals surface area contributed by atoms with E-state index in [2.05, 4.69) is 11.1 Å². The Bertz CT molecular complexity index is 660. The summed E-state index contributed by atoms with van der Waals surface area (Å²) in [6.45, 7) is 0. The van der Waals surface area contributed by atoms with Gasteiger partial charge in [0, 0.05) is 31.7 Å². The minimum Gasteiger partial charge on any atom is -0.497 e. The van der Waals surface area contributed by atoms with Gasteiger partial charge in [0.15, 0.2) is 0 Å². The summed E-state index contributed by atoms with van der Waals surface area (Å²) < 4.78 is 10.6. The number of fused-ring (bicyclic) bond motifs is 1. The molecule has 0 N–H and O–H groups in total. The molecule has 0 amide bonds. The second-order valence-corrected chi connectivity index (χ2v) is 4.25. The van der Waals surface area contributed by atoms with Crippen LogP contribution >= 0.6 is 0 Å². The summed E-state index contributed by atoms with van der Waals surface area (Å²) in [5.41, 5.74) is 2.04. The van der Waals surface area contributed by atoms with E-state index in [9.17, 15) is 5.26 Å². The summed E-state index contributed by atoms with van der Waals surface area (Å²) in [5.74, 6) is 1.30. The number of benzene rings is 1. The van der Waals surface area contributed by atoms with Gasteiger partial charge in [-0.2, -0.15) is 5.26 Å². The molecule has 1 heterocycles. The molecule has 98 valence electrons. The van der Waals surface area contributed by atoms with Gasteiger partial charge in [0.1, 0.15) is 23.1 Å². The molecule has 0 saturated heterocycles. The first-order valence-corrected chi connectivity index (χ1v) is 5.74. The molecule has 19 heavy (non-hydrogen) atoms. The Kier molecular flexibility index (Phi) is 3.43. The van der Waals surface area contributed by atoms with E-state index in [0.29, 0.717) is 22.6 Å². The molecular weight excluding hydrogens is 242 g/mol. The van der Waals surface area contributed by atoms with Crippen molar-refractivity contribution in [1.29, 1.82) is 5.26 Å². The van der Waals surface area contributed by atoms with Crippen molar-refractivity contribution < 1.29 is 9.47 Å². The van der Waals surface area contributed by atoms with Crippen LogP contribution in [0.15, 0.2) is 18.3 Å². The molecule has 0 aliphatic carbocycles. The van der Waals surface area contributed by atoms with Gasteiger partial charge in [-0.05, 0) is 6.07 Å². The van der Waals surface area contributed by atoms with Gasteiger partial charge in [0.05, 0.1) is 25.5 Å². The van der Waals surface area contributed by atoms with Crippen LogP contribution in [0, 0.1) is 11.3 Å². The molecule has 0 fully saturated rings. The molecule has 0 atom stereocenters. The number of methoxy groups -OCH3 is 2. The fourth-order valence-corrected chi connectivity index (χ4v) is 2.07. The second-order valence-electron chi connectivity index (χ2n) is 4.25. The molecule has 0 spiro atoms. The highest BCUT2D eigenvalue weighted by Crippen LogP contribution is 2.36. The van der Waals surface area contributed by atoms with Gasteiger partial charge in [-0.3, -0.25) is 4.98 Å². The average molecular weight is 257 g/mol. The van der Waals surface area contributed by atoms with Crippen LogP contribution < -0.4 is 14.4 Å². The molecule has 0 bridgehead atoms. The van der Waals surface area contributed by atoms with Gasteiger partial charge < -0.3 is 14.4 Å². The minimum atomic E-state index is 0.521. The minimum absolute atomic E-state index is 0.521. The van der Waals surface area contributed by atoms with Crippen molar-refractivity contribution in [3.8, 4) is 17.6 Å². The van der Waals surface area contributed by atoms with Gasteiger partial charge in [0.25, 0.3) is 0 Å². The topological polar surface area (TPSA) is 58.4 Å². The molecular formula is C14H15N3O2. The zero-order valence-corrected chi connectivity index (χ0v) is 11.4. The number of pyridine rings is 1. The standard InChI is InChI=1S/C14H15N3O2/c1-17(2)14-9(7-15)8-16-13-11(14)5-10(18-3)6-12(13)19-4/h5-6,8H,1-4H3. The highest BCUT2D eigenvalue weighted by molar-refractivity contribution is 5.98. The summed E-state index contributed by atoms with van der Waals surface area (Å²) in [7, 11) is 6.96. The van der Waals surface area contributed by atoms with Crippen LogP contribution in [0.25, 0.3) is 10.9 Å². The van der Waals surface area contributed by atoms with E-state index in [4.69, 9.17) is 9.47 Å². The Morgan fingerprint density at radius 3 is 2.47 bits per heavy atom. The predicted octanol–water partition coefficient (Wildman–Crippen LogP) is 2.19. The van der Waals surface area contributed by atoms with Crippen LogP contribution in [0.5, 0.6) is 11.5 Å². The third-order valence-electron chi connectivity index (χ3n) is 2.90. The summed E-state index contributed by atoms with van der Waals surface area (Å²) in [6.07, 6.45) is 1.56. The van der Waals surface area contributed by atoms with E-state index >= 15 is 0 Å². The third-order valence-corrected chi connectivity index (χ3v) is 2.90. The maximum Gasteiger partial charge on any atom is 0.148 e. The first-order chi connectivity index (χ1) is 9.12. The Morgan fingerprint density at radius 1 is 1.21 bits per heavy atom. The van der Waals surface area contributed by atoms with Crippen LogP contribution in [0.4, 0.5) is 5.69 Å². The lowest BCUT2D eigenvalue weighted by molar-refractivity contribution is 0.397. The van der Waals surface area contributed by atoms with Gasteiger partial charge in [-0.1, -0.05) is 0 Å². The molecule has 1 aromatic carbocycles. The smallest absolute Gasteiger partial charge is 0.148 e. The SMILES string of the molecule is COc1cc(OC)c2ncc(C#N)c(N(C)C)c2c1. The molecule has 0 radical (unpaired) electrons. The van der Waals surface area contributed by atoms with Crippen molar-refractivity contribution in [2.45, 2.75) is 0 Å². The molecule has 5 nitrogen and oxygen atoms in total. The monoisotopic (exact) mass is 257 g/mol. The van der Waals surface area contributed by atoms with Crippen molar-refractivity contribution in [2.75, 3.05) is 33.2 Å². The molecule has 5 heteroatoms. The Morgan fingerprint density at radius 2 is 1.95 bits per heavy atom. The lowest BCUT2D eigenvalue weighted by Crippen LogP contribution is -2.11. The highest BCUT2D eigenvalue weighted by Gasteiger charge is 2.15. The summed E-state index contributed by atoms with van der Waals surface area (Å²) in [5, 5.41) is 10.0. The number of hydrogen-bond donors (Lipinski definition) is 0.